The molecule has 0 spiro atoms. The maximum atomic E-state index is 5.83. The zero-order valence-electron chi connectivity index (χ0n) is 6.51. The molecule has 1 saturated carbocycles. The van der Waals surface area contributed by atoms with Gasteiger partial charge >= 0.3 is 0 Å². The monoisotopic (exact) mass is 137 g/mol. The minimum Gasteiger partial charge on any atom is -0.327 e. The molecule has 1 fully saturated rings. The summed E-state index contributed by atoms with van der Waals surface area (Å²) in [5.74, 6) is 3.91. The van der Waals surface area contributed by atoms with Crippen LogP contribution < -0.4 is 5.73 Å². The Bertz CT molecular complexity index is 145. The Labute approximate surface area is 63.0 Å². The molecule has 0 aromatic carbocycles. The van der Waals surface area contributed by atoms with Gasteiger partial charge in [0.1, 0.15) is 0 Å². The Morgan fingerprint density at radius 1 is 1.50 bits per heavy atom. The summed E-state index contributed by atoms with van der Waals surface area (Å²) in [6.45, 7) is 2.19. The van der Waals surface area contributed by atoms with E-state index in [-0.39, 0.29) is 0 Å². The molecule has 2 N–H and O–H groups in total. The van der Waals surface area contributed by atoms with Crippen LogP contribution in [0.15, 0.2) is 0 Å². The van der Waals surface area contributed by atoms with Gasteiger partial charge in [-0.3, -0.25) is 0 Å². The van der Waals surface area contributed by atoms with Crippen LogP contribution in [0.2, 0.25) is 0 Å². The van der Waals surface area contributed by atoms with Crippen molar-refractivity contribution in [2.24, 2.45) is 17.6 Å². The molecule has 0 unspecified atom stereocenters. The van der Waals surface area contributed by atoms with Gasteiger partial charge in [0.25, 0.3) is 0 Å². The van der Waals surface area contributed by atoms with Crippen molar-refractivity contribution in [3.63, 3.8) is 0 Å². The fourth-order valence-corrected chi connectivity index (χ4v) is 1.57. The highest BCUT2D eigenvalue weighted by Crippen LogP contribution is 2.26. The first-order valence-corrected chi connectivity index (χ1v) is 3.95. The van der Waals surface area contributed by atoms with E-state index < -0.39 is 0 Å². The van der Waals surface area contributed by atoms with Crippen molar-refractivity contribution in [1.29, 1.82) is 0 Å². The van der Waals surface area contributed by atoms with E-state index in [0.29, 0.717) is 17.9 Å². The molecule has 0 bridgehead atoms. The van der Waals surface area contributed by atoms with Gasteiger partial charge in [0.15, 0.2) is 0 Å². The van der Waals surface area contributed by atoms with E-state index in [2.05, 4.69) is 12.8 Å². The molecule has 0 aliphatic heterocycles. The van der Waals surface area contributed by atoms with Crippen molar-refractivity contribution < 1.29 is 0 Å². The van der Waals surface area contributed by atoms with E-state index in [1.807, 2.05) is 0 Å². The number of hydrogen-bond acceptors (Lipinski definition) is 1. The van der Waals surface area contributed by atoms with E-state index in [1.54, 1.807) is 0 Å². The van der Waals surface area contributed by atoms with E-state index in [0.717, 1.165) is 19.3 Å². The second-order valence-electron chi connectivity index (χ2n) is 3.32. The van der Waals surface area contributed by atoms with Crippen molar-refractivity contribution in [2.45, 2.75) is 32.2 Å². The van der Waals surface area contributed by atoms with Gasteiger partial charge in [-0.15, -0.1) is 12.3 Å². The minimum atomic E-state index is 0.393. The lowest BCUT2D eigenvalue weighted by molar-refractivity contribution is 0.289. The van der Waals surface area contributed by atoms with E-state index in [4.69, 9.17) is 12.2 Å². The molecule has 0 radical (unpaired) electrons. The first-order chi connectivity index (χ1) is 4.74. The molecule has 0 saturated heterocycles. The Morgan fingerprint density at radius 3 is 2.70 bits per heavy atom. The standard InChI is InChI=1S/C9H15N/c1-3-8-4-5-9(10)7(2)6-8/h1,7-9H,4-6,10H2,2H3/t7-,8+,9-/m0/s1. The van der Waals surface area contributed by atoms with Crippen molar-refractivity contribution in [3.8, 4) is 12.3 Å². The van der Waals surface area contributed by atoms with Crippen LogP contribution in [-0.2, 0) is 0 Å². The van der Waals surface area contributed by atoms with Crippen molar-refractivity contribution in [2.75, 3.05) is 0 Å². The maximum absolute atomic E-state index is 5.83. The number of hydrogen-bond donors (Lipinski definition) is 1. The smallest absolute Gasteiger partial charge is 0.0203 e. The van der Waals surface area contributed by atoms with E-state index in [9.17, 15) is 0 Å². The second kappa shape index (κ2) is 3.07. The molecule has 0 heterocycles. The summed E-state index contributed by atoms with van der Waals surface area (Å²) in [4.78, 5) is 0. The lowest BCUT2D eigenvalue weighted by Crippen LogP contribution is -2.33. The maximum Gasteiger partial charge on any atom is 0.0203 e. The van der Waals surface area contributed by atoms with E-state index >= 15 is 0 Å². The van der Waals surface area contributed by atoms with Crippen LogP contribution in [-0.4, -0.2) is 6.04 Å². The highest BCUT2D eigenvalue weighted by molar-refractivity contribution is 4.97. The molecule has 1 aliphatic rings. The van der Waals surface area contributed by atoms with Crippen LogP contribution in [0.3, 0.4) is 0 Å². The molecule has 56 valence electrons. The SMILES string of the molecule is C#C[C@@H]1CC[C@H](N)[C@@H](C)C1. The average Bonchev–Trinajstić information content (AvgIpc) is 1.95. The molecular formula is C9H15N. The zero-order chi connectivity index (χ0) is 7.56. The largest absolute Gasteiger partial charge is 0.327 e. The van der Waals surface area contributed by atoms with Crippen LogP contribution in [0, 0.1) is 24.2 Å². The Hall–Kier alpha value is -0.480. The van der Waals surface area contributed by atoms with Crippen LogP contribution in [0.25, 0.3) is 0 Å². The summed E-state index contributed by atoms with van der Waals surface area (Å²) in [6, 6.07) is 0.393. The summed E-state index contributed by atoms with van der Waals surface area (Å²) < 4.78 is 0. The highest BCUT2D eigenvalue weighted by atomic mass is 14.7. The first-order valence-electron chi connectivity index (χ1n) is 3.95. The first kappa shape index (κ1) is 7.63. The van der Waals surface area contributed by atoms with Gasteiger partial charge in [0.05, 0.1) is 0 Å². The molecule has 0 aromatic rings. The van der Waals surface area contributed by atoms with Gasteiger partial charge in [-0.05, 0) is 25.2 Å². The summed E-state index contributed by atoms with van der Waals surface area (Å²) in [5, 5.41) is 0. The minimum absolute atomic E-state index is 0.393. The third kappa shape index (κ3) is 1.52. The fraction of sp³-hybridized carbons (Fsp3) is 0.778. The molecule has 3 atom stereocenters. The normalized spacial score (nSPS) is 40.7. The second-order valence-corrected chi connectivity index (χ2v) is 3.32. The predicted octanol–water partition coefficient (Wildman–Crippen LogP) is 1.38. The third-order valence-corrected chi connectivity index (χ3v) is 2.47. The van der Waals surface area contributed by atoms with Gasteiger partial charge in [-0.2, -0.15) is 0 Å². The lowest BCUT2D eigenvalue weighted by atomic mass is 9.80. The Morgan fingerprint density at radius 2 is 2.20 bits per heavy atom. The average molecular weight is 137 g/mol. The molecule has 1 nitrogen and oxygen atoms in total. The lowest BCUT2D eigenvalue weighted by Gasteiger charge is -2.28. The molecule has 1 heteroatoms. The van der Waals surface area contributed by atoms with Crippen LogP contribution in [0.1, 0.15) is 26.2 Å². The molecular weight excluding hydrogens is 122 g/mol. The van der Waals surface area contributed by atoms with Crippen molar-refractivity contribution in [3.05, 3.63) is 0 Å². The quantitative estimate of drug-likeness (QED) is 0.501. The zero-order valence-corrected chi connectivity index (χ0v) is 6.51. The predicted molar refractivity (Wildman–Crippen MR) is 43.3 cm³/mol. The summed E-state index contributed by atoms with van der Waals surface area (Å²) in [5.41, 5.74) is 5.83. The topological polar surface area (TPSA) is 26.0 Å². The summed E-state index contributed by atoms with van der Waals surface area (Å²) in [6.07, 6.45) is 8.68. The Balaban J connectivity index is 2.42. The highest BCUT2D eigenvalue weighted by Gasteiger charge is 2.22. The molecule has 10 heavy (non-hydrogen) atoms. The summed E-state index contributed by atoms with van der Waals surface area (Å²) in [7, 11) is 0. The Kier molecular flexibility index (Phi) is 2.34. The van der Waals surface area contributed by atoms with Crippen molar-refractivity contribution >= 4 is 0 Å². The molecule has 1 aliphatic carbocycles. The van der Waals surface area contributed by atoms with Gasteiger partial charge in [-0.25, -0.2) is 0 Å². The van der Waals surface area contributed by atoms with Gasteiger partial charge in [0.2, 0.25) is 0 Å². The third-order valence-electron chi connectivity index (χ3n) is 2.47. The summed E-state index contributed by atoms with van der Waals surface area (Å²) >= 11 is 0. The van der Waals surface area contributed by atoms with Crippen LogP contribution >= 0.6 is 0 Å². The number of terminal acetylenes is 1. The van der Waals surface area contributed by atoms with Gasteiger partial charge < -0.3 is 5.73 Å². The number of nitrogens with two attached hydrogens (primary N) is 1. The number of rotatable bonds is 0. The molecule has 0 aromatic heterocycles. The van der Waals surface area contributed by atoms with Gasteiger partial charge in [0, 0.05) is 12.0 Å². The van der Waals surface area contributed by atoms with Crippen LogP contribution in [0.5, 0.6) is 0 Å². The van der Waals surface area contributed by atoms with Gasteiger partial charge in [-0.1, -0.05) is 6.92 Å². The fourth-order valence-electron chi connectivity index (χ4n) is 1.57. The molecule has 1 rings (SSSR count). The van der Waals surface area contributed by atoms with Crippen molar-refractivity contribution in [1.82, 2.24) is 0 Å². The van der Waals surface area contributed by atoms with E-state index in [1.165, 1.54) is 0 Å². The van der Waals surface area contributed by atoms with Crippen LogP contribution in [0.4, 0.5) is 0 Å². The molecule has 0 amide bonds.